The van der Waals surface area contributed by atoms with Crippen LogP contribution in [0.1, 0.15) is 99.0 Å². The fourth-order valence-electron chi connectivity index (χ4n) is 4.75. The van der Waals surface area contributed by atoms with E-state index in [-0.39, 0.29) is 29.3 Å². The molecule has 1 aromatic carbocycles. The van der Waals surface area contributed by atoms with Crippen molar-refractivity contribution in [3.63, 3.8) is 0 Å². The molecule has 1 N–H and O–H groups in total. The number of piperidine rings is 2. The van der Waals surface area contributed by atoms with E-state index in [9.17, 15) is 18.0 Å². The molecule has 0 atom stereocenters. The molecule has 0 saturated carbocycles. The van der Waals surface area contributed by atoms with Crippen molar-refractivity contribution in [2.75, 3.05) is 32.8 Å². The zero-order valence-corrected chi connectivity index (χ0v) is 29.1. The van der Waals surface area contributed by atoms with Gasteiger partial charge in [-0.05, 0) is 105 Å². The number of halogens is 1. The van der Waals surface area contributed by atoms with E-state index in [4.69, 9.17) is 25.3 Å². The van der Waals surface area contributed by atoms with Crippen LogP contribution >= 0.6 is 10.7 Å². The van der Waals surface area contributed by atoms with Crippen molar-refractivity contribution < 1.29 is 32.6 Å². The van der Waals surface area contributed by atoms with Crippen molar-refractivity contribution >= 4 is 31.9 Å². The summed E-state index contributed by atoms with van der Waals surface area (Å²) in [6.07, 6.45) is 7.23. The number of ether oxygens (including phenoxy) is 2. The summed E-state index contributed by atoms with van der Waals surface area (Å²) >= 11 is 0. The number of carbonyl (C=O) groups is 2. The highest BCUT2D eigenvalue weighted by Gasteiger charge is 2.27. The maximum atomic E-state index is 11.8. The molecule has 1 aromatic rings. The molecular formula is C32H55ClN2O7S. The number of rotatable bonds is 5. The van der Waals surface area contributed by atoms with Crippen LogP contribution in [0.5, 0.6) is 0 Å². The van der Waals surface area contributed by atoms with Crippen LogP contribution in [0.15, 0.2) is 29.2 Å². The van der Waals surface area contributed by atoms with Crippen LogP contribution in [0.2, 0.25) is 0 Å². The summed E-state index contributed by atoms with van der Waals surface area (Å²) in [6, 6.07) is 6.37. The van der Waals surface area contributed by atoms with Gasteiger partial charge in [-0.15, -0.1) is 0 Å². The molecule has 2 fully saturated rings. The molecule has 2 amide bonds. The average Bonchev–Trinajstić information content (AvgIpc) is 2.88. The lowest BCUT2D eigenvalue weighted by Crippen LogP contribution is -2.41. The van der Waals surface area contributed by atoms with Crippen molar-refractivity contribution in [2.45, 2.75) is 116 Å². The summed E-state index contributed by atoms with van der Waals surface area (Å²) in [6.45, 7) is 18.9. The highest BCUT2D eigenvalue weighted by molar-refractivity contribution is 8.13. The maximum Gasteiger partial charge on any atom is 0.410 e. The molecule has 2 aliphatic rings. The van der Waals surface area contributed by atoms with Crippen LogP contribution in [0.4, 0.5) is 9.59 Å². The van der Waals surface area contributed by atoms with Crippen LogP contribution in [0, 0.1) is 18.8 Å². The van der Waals surface area contributed by atoms with E-state index < -0.39 is 14.7 Å². The zero-order valence-electron chi connectivity index (χ0n) is 27.5. The lowest BCUT2D eigenvalue weighted by atomic mass is 9.93. The van der Waals surface area contributed by atoms with Gasteiger partial charge in [0.25, 0.3) is 9.05 Å². The van der Waals surface area contributed by atoms with Gasteiger partial charge in [0.1, 0.15) is 11.2 Å². The highest BCUT2D eigenvalue weighted by Crippen LogP contribution is 2.23. The molecule has 11 heteroatoms. The lowest BCUT2D eigenvalue weighted by molar-refractivity contribution is 0.0167. The number of amides is 2. The number of hydrogen-bond acceptors (Lipinski definition) is 7. The van der Waals surface area contributed by atoms with Crippen LogP contribution in [-0.4, -0.2) is 79.5 Å². The number of hydrogen-bond donors (Lipinski definition) is 1. The van der Waals surface area contributed by atoms with Crippen molar-refractivity contribution in [3.05, 3.63) is 29.8 Å². The summed E-state index contributed by atoms with van der Waals surface area (Å²) in [4.78, 5) is 27.3. The van der Waals surface area contributed by atoms with Gasteiger partial charge in [0, 0.05) is 43.5 Å². The molecule has 0 aromatic heterocycles. The van der Waals surface area contributed by atoms with E-state index in [0.29, 0.717) is 5.92 Å². The van der Waals surface area contributed by atoms with Gasteiger partial charge in [-0.25, -0.2) is 18.0 Å². The van der Waals surface area contributed by atoms with Crippen molar-refractivity contribution in [3.8, 4) is 0 Å². The van der Waals surface area contributed by atoms with E-state index in [1.54, 1.807) is 17.0 Å². The summed E-state index contributed by atoms with van der Waals surface area (Å²) in [5.41, 5.74) is 0.213. The third-order valence-electron chi connectivity index (χ3n) is 7.07. The minimum Gasteiger partial charge on any atom is -0.444 e. The van der Waals surface area contributed by atoms with Gasteiger partial charge in [-0.2, -0.15) is 0 Å². The standard InChI is InChI=1S/C13H25NO2.C12H23NO3.C7H7ClO2S/c1-5-6-11-7-9-14(10-8-11)12(15)16-13(2,3)4;1-12(2,3)16-11(15)13-7-4-10(5-8-13)6-9-14;1-6-2-4-7(5-3-6)11(8,9)10/h11H,5-10H2,1-4H3;10,14H,4-9H2,1-3H3;2-5H,1H3. The van der Waals surface area contributed by atoms with Gasteiger partial charge >= 0.3 is 12.2 Å². The Hall–Kier alpha value is -2.04. The molecule has 0 unspecified atom stereocenters. The van der Waals surface area contributed by atoms with Gasteiger partial charge in [0.05, 0.1) is 4.90 Å². The first-order chi connectivity index (χ1) is 19.8. The second kappa shape index (κ2) is 18.1. The van der Waals surface area contributed by atoms with Crippen LogP contribution in [0.3, 0.4) is 0 Å². The predicted molar refractivity (Wildman–Crippen MR) is 172 cm³/mol. The minimum atomic E-state index is -3.55. The number of aryl methyl sites for hydroxylation is 1. The molecule has 2 saturated heterocycles. The molecular weight excluding hydrogens is 592 g/mol. The summed E-state index contributed by atoms with van der Waals surface area (Å²) in [7, 11) is 1.54. The van der Waals surface area contributed by atoms with Gasteiger partial charge in [0.15, 0.2) is 0 Å². The second-order valence-electron chi connectivity index (χ2n) is 13.4. The molecule has 9 nitrogen and oxygen atoms in total. The Labute approximate surface area is 264 Å². The van der Waals surface area contributed by atoms with E-state index in [0.717, 1.165) is 69.8 Å². The van der Waals surface area contributed by atoms with Crippen LogP contribution in [0.25, 0.3) is 0 Å². The smallest absolute Gasteiger partial charge is 0.410 e. The first-order valence-electron chi connectivity index (χ1n) is 15.4. The Morgan fingerprint density at radius 2 is 1.19 bits per heavy atom. The molecule has 43 heavy (non-hydrogen) atoms. The van der Waals surface area contributed by atoms with Gasteiger partial charge in [-0.1, -0.05) is 37.5 Å². The fourth-order valence-corrected chi connectivity index (χ4v) is 5.52. The third-order valence-corrected chi connectivity index (χ3v) is 8.44. The average molecular weight is 647 g/mol. The molecule has 0 bridgehead atoms. The van der Waals surface area contributed by atoms with Crippen LogP contribution in [-0.2, 0) is 18.5 Å². The van der Waals surface area contributed by atoms with Gasteiger partial charge in [0.2, 0.25) is 0 Å². The predicted octanol–water partition coefficient (Wildman–Crippen LogP) is 7.37. The number of nitrogens with zero attached hydrogens (tertiary/aromatic N) is 2. The number of benzene rings is 1. The van der Waals surface area contributed by atoms with Gasteiger partial charge < -0.3 is 24.4 Å². The highest BCUT2D eigenvalue weighted by atomic mass is 35.7. The maximum absolute atomic E-state index is 11.8. The summed E-state index contributed by atoms with van der Waals surface area (Å²) in [5, 5.41) is 8.84. The van der Waals surface area contributed by atoms with E-state index >= 15 is 0 Å². The second-order valence-corrected chi connectivity index (χ2v) is 15.9. The fraction of sp³-hybridized carbons (Fsp3) is 0.750. The van der Waals surface area contributed by atoms with E-state index in [2.05, 4.69) is 6.92 Å². The zero-order chi connectivity index (χ0) is 32.8. The molecule has 3 rings (SSSR count). The van der Waals surface area contributed by atoms with Crippen molar-refractivity contribution in [1.29, 1.82) is 0 Å². The molecule has 0 spiro atoms. The van der Waals surface area contributed by atoms with E-state index in [1.165, 1.54) is 25.0 Å². The van der Waals surface area contributed by atoms with Gasteiger partial charge in [-0.3, -0.25) is 0 Å². The number of aliphatic hydroxyl groups is 1. The monoisotopic (exact) mass is 646 g/mol. The Morgan fingerprint density at radius 3 is 1.49 bits per heavy atom. The number of carbonyl (C=O) groups excluding carboxylic acids is 2. The Kier molecular flexibility index (Phi) is 16.4. The Balaban J connectivity index is 0.000000329. The first kappa shape index (κ1) is 39.0. The SMILES string of the molecule is CC(C)(C)OC(=O)N1CCC(CCO)CC1.CCCC1CCN(C(=O)OC(C)(C)C)CC1.Cc1ccc(S(=O)(=O)Cl)cc1. The quantitative estimate of drug-likeness (QED) is 0.332. The number of aliphatic hydroxyl groups excluding tert-OH is 1. The summed E-state index contributed by atoms with van der Waals surface area (Å²) < 4.78 is 32.1. The molecule has 0 aliphatic carbocycles. The molecule has 0 radical (unpaired) electrons. The lowest BCUT2D eigenvalue weighted by Gasteiger charge is -2.33. The van der Waals surface area contributed by atoms with Crippen molar-refractivity contribution in [2.24, 2.45) is 11.8 Å². The third kappa shape index (κ3) is 17.1. The minimum absolute atomic E-state index is 0.143. The Morgan fingerprint density at radius 1 is 0.814 bits per heavy atom. The van der Waals surface area contributed by atoms with E-state index in [1.807, 2.05) is 53.4 Å². The van der Waals surface area contributed by atoms with Crippen molar-refractivity contribution in [1.82, 2.24) is 9.80 Å². The largest absolute Gasteiger partial charge is 0.444 e. The first-order valence-corrected chi connectivity index (χ1v) is 17.7. The normalized spacial score (nSPS) is 16.8. The molecule has 2 heterocycles. The topological polar surface area (TPSA) is 113 Å². The Bertz CT molecular complexity index is 1020. The summed E-state index contributed by atoms with van der Waals surface area (Å²) in [5.74, 6) is 1.37. The molecule has 248 valence electrons. The molecule has 2 aliphatic heterocycles. The number of likely N-dealkylation sites (tertiary alicyclic amines) is 2. The van der Waals surface area contributed by atoms with Crippen LogP contribution < -0.4 is 0 Å².